The van der Waals surface area contributed by atoms with Crippen LogP contribution in [-0.4, -0.2) is 44.5 Å². The highest BCUT2D eigenvalue weighted by molar-refractivity contribution is 5.72. The summed E-state index contributed by atoms with van der Waals surface area (Å²) in [7, 11) is 3.91. The van der Waals surface area contributed by atoms with Crippen LogP contribution in [0.15, 0.2) is 24.3 Å². The van der Waals surface area contributed by atoms with Crippen LogP contribution < -0.4 is 9.64 Å². The van der Waals surface area contributed by atoms with Crippen LogP contribution in [0.2, 0.25) is 0 Å². The first-order valence-electron chi connectivity index (χ1n) is 6.29. The van der Waals surface area contributed by atoms with Gasteiger partial charge in [-0.15, -0.1) is 0 Å². The second kappa shape index (κ2) is 7.63. The third-order valence-corrected chi connectivity index (χ3v) is 2.63. The van der Waals surface area contributed by atoms with Crippen molar-refractivity contribution < 1.29 is 19.4 Å². The Morgan fingerprint density at radius 1 is 1.42 bits per heavy atom. The number of carboxylic acid groups (broad SMARTS) is 1. The summed E-state index contributed by atoms with van der Waals surface area (Å²) in [5.41, 5.74) is 1.04. The molecule has 1 unspecified atom stereocenters. The van der Waals surface area contributed by atoms with Gasteiger partial charge in [-0.05, 0) is 19.1 Å². The molecule has 0 saturated heterocycles. The van der Waals surface area contributed by atoms with Crippen LogP contribution in [-0.2, 0) is 9.53 Å². The number of nitrogens with zero attached hydrogens (tertiary/aromatic N) is 1. The Labute approximate surface area is 113 Å². The zero-order valence-corrected chi connectivity index (χ0v) is 11.6. The van der Waals surface area contributed by atoms with E-state index in [1.807, 2.05) is 43.3 Å². The number of carbonyl (C=O) groups is 1. The average molecular weight is 267 g/mol. The van der Waals surface area contributed by atoms with Crippen molar-refractivity contribution in [3.05, 3.63) is 24.3 Å². The maximum Gasteiger partial charge on any atom is 0.332 e. The topological polar surface area (TPSA) is 59.0 Å². The largest absolute Gasteiger partial charge is 0.493 e. The molecule has 0 fully saturated rings. The number of ether oxygens (including phenoxy) is 2. The van der Waals surface area contributed by atoms with Crippen molar-refractivity contribution >= 4 is 11.7 Å². The molecule has 106 valence electrons. The fourth-order valence-electron chi connectivity index (χ4n) is 1.61. The van der Waals surface area contributed by atoms with Gasteiger partial charge in [0, 0.05) is 38.9 Å². The Kier molecular flexibility index (Phi) is 6.15. The first kappa shape index (κ1) is 15.3. The zero-order valence-electron chi connectivity index (χ0n) is 11.6. The van der Waals surface area contributed by atoms with Gasteiger partial charge < -0.3 is 19.5 Å². The van der Waals surface area contributed by atoms with Gasteiger partial charge >= 0.3 is 5.97 Å². The van der Waals surface area contributed by atoms with Crippen molar-refractivity contribution in [2.75, 3.05) is 32.2 Å². The molecule has 1 aromatic carbocycles. The summed E-state index contributed by atoms with van der Waals surface area (Å²) in [6.45, 7) is 2.47. The molecule has 1 atom stereocenters. The molecule has 0 aliphatic heterocycles. The van der Waals surface area contributed by atoms with Crippen LogP contribution in [0.1, 0.15) is 13.3 Å². The van der Waals surface area contributed by atoms with Gasteiger partial charge in [-0.3, -0.25) is 0 Å². The SMILES string of the molecule is CCOC(CCOc1cccc(N(C)C)c1)C(=O)O. The Morgan fingerprint density at radius 2 is 2.16 bits per heavy atom. The molecule has 0 aliphatic rings. The molecule has 0 amide bonds. The van der Waals surface area contributed by atoms with Gasteiger partial charge in [0.2, 0.25) is 0 Å². The monoisotopic (exact) mass is 267 g/mol. The highest BCUT2D eigenvalue weighted by Crippen LogP contribution is 2.19. The summed E-state index contributed by atoms with van der Waals surface area (Å²) < 4.78 is 10.7. The summed E-state index contributed by atoms with van der Waals surface area (Å²) >= 11 is 0. The van der Waals surface area contributed by atoms with Gasteiger partial charge in [0.15, 0.2) is 6.10 Å². The van der Waals surface area contributed by atoms with Gasteiger partial charge in [-0.25, -0.2) is 4.79 Å². The minimum atomic E-state index is -0.951. The van der Waals surface area contributed by atoms with E-state index in [2.05, 4.69) is 0 Å². The third-order valence-electron chi connectivity index (χ3n) is 2.63. The molecule has 0 radical (unpaired) electrons. The van der Waals surface area contributed by atoms with Crippen molar-refractivity contribution in [2.45, 2.75) is 19.4 Å². The van der Waals surface area contributed by atoms with Crippen molar-refractivity contribution in [1.29, 1.82) is 0 Å². The van der Waals surface area contributed by atoms with E-state index in [4.69, 9.17) is 14.6 Å². The number of carboxylic acids is 1. The number of benzene rings is 1. The highest BCUT2D eigenvalue weighted by atomic mass is 16.5. The zero-order chi connectivity index (χ0) is 14.3. The predicted molar refractivity (Wildman–Crippen MR) is 73.9 cm³/mol. The van der Waals surface area contributed by atoms with Crippen LogP contribution >= 0.6 is 0 Å². The first-order valence-corrected chi connectivity index (χ1v) is 6.29. The van der Waals surface area contributed by atoms with Crippen LogP contribution in [0, 0.1) is 0 Å². The van der Waals surface area contributed by atoms with Gasteiger partial charge in [-0.1, -0.05) is 6.07 Å². The molecule has 0 bridgehead atoms. The molecule has 0 aromatic heterocycles. The smallest absolute Gasteiger partial charge is 0.332 e. The summed E-state index contributed by atoms with van der Waals surface area (Å²) in [5.74, 6) is -0.223. The van der Waals surface area contributed by atoms with Crippen molar-refractivity contribution in [1.82, 2.24) is 0 Å². The Morgan fingerprint density at radius 3 is 2.74 bits per heavy atom. The van der Waals surface area contributed by atoms with E-state index in [0.717, 1.165) is 11.4 Å². The van der Waals surface area contributed by atoms with E-state index in [1.54, 1.807) is 6.92 Å². The molecule has 0 aliphatic carbocycles. The summed E-state index contributed by atoms with van der Waals surface area (Å²) in [5, 5.41) is 8.93. The predicted octanol–water partition coefficient (Wildman–Crippen LogP) is 2.01. The number of aliphatic carboxylic acids is 1. The molecular formula is C14H21NO4. The lowest BCUT2D eigenvalue weighted by Crippen LogP contribution is -2.26. The minimum Gasteiger partial charge on any atom is -0.493 e. The van der Waals surface area contributed by atoms with Gasteiger partial charge in [0.05, 0.1) is 6.61 Å². The van der Waals surface area contributed by atoms with Crippen LogP contribution in [0.3, 0.4) is 0 Å². The second-order valence-corrected chi connectivity index (χ2v) is 4.31. The molecule has 0 heterocycles. The number of rotatable bonds is 8. The van der Waals surface area contributed by atoms with E-state index < -0.39 is 12.1 Å². The summed E-state index contributed by atoms with van der Waals surface area (Å²) in [6.07, 6.45) is -0.475. The highest BCUT2D eigenvalue weighted by Gasteiger charge is 2.17. The Hall–Kier alpha value is -1.75. The van der Waals surface area contributed by atoms with Gasteiger partial charge in [-0.2, -0.15) is 0 Å². The summed E-state index contributed by atoms with van der Waals surface area (Å²) in [6, 6.07) is 7.65. The maximum atomic E-state index is 10.9. The van der Waals surface area contributed by atoms with Crippen LogP contribution in [0.25, 0.3) is 0 Å². The van der Waals surface area contributed by atoms with Gasteiger partial charge in [0.1, 0.15) is 5.75 Å². The fourth-order valence-corrected chi connectivity index (χ4v) is 1.61. The maximum absolute atomic E-state index is 10.9. The molecular weight excluding hydrogens is 246 g/mol. The first-order chi connectivity index (χ1) is 9.04. The number of anilines is 1. The third kappa shape index (κ3) is 5.18. The molecule has 0 saturated carbocycles. The van der Waals surface area contributed by atoms with Crippen LogP contribution in [0.5, 0.6) is 5.75 Å². The molecule has 1 aromatic rings. The van der Waals surface area contributed by atoms with E-state index in [0.29, 0.717) is 19.6 Å². The second-order valence-electron chi connectivity index (χ2n) is 4.31. The standard InChI is InChI=1S/C14H21NO4/c1-4-18-13(14(16)17)8-9-19-12-7-5-6-11(10-12)15(2)3/h5-7,10,13H,4,8-9H2,1-3H3,(H,16,17). The Balaban J connectivity index is 2.48. The molecule has 5 heteroatoms. The molecule has 19 heavy (non-hydrogen) atoms. The van der Waals surface area contributed by atoms with Crippen molar-refractivity contribution in [3.63, 3.8) is 0 Å². The number of hydrogen-bond acceptors (Lipinski definition) is 4. The lowest BCUT2D eigenvalue weighted by atomic mass is 10.2. The normalized spacial score (nSPS) is 11.9. The van der Waals surface area contributed by atoms with E-state index in [1.165, 1.54) is 0 Å². The summed E-state index contributed by atoms with van der Waals surface area (Å²) in [4.78, 5) is 12.9. The number of hydrogen-bond donors (Lipinski definition) is 1. The molecule has 1 rings (SSSR count). The molecule has 5 nitrogen and oxygen atoms in total. The van der Waals surface area contributed by atoms with E-state index in [-0.39, 0.29) is 0 Å². The Bertz CT molecular complexity index is 406. The van der Waals surface area contributed by atoms with Gasteiger partial charge in [0.25, 0.3) is 0 Å². The quantitative estimate of drug-likeness (QED) is 0.780. The fraction of sp³-hybridized carbons (Fsp3) is 0.500. The molecule has 1 N–H and O–H groups in total. The molecule has 0 spiro atoms. The lowest BCUT2D eigenvalue weighted by Gasteiger charge is -2.15. The van der Waals surface area contributed by atoms with E-state index in [9.17, 15) is 4.79 Å². The van der Waals surface area contributed by atoms with Crippen molar-refractivity contribution in [2.24, 2.45) is 0 Å². The van der Waals surface area contributed by atoms with E-state index >= 15 is 0 Å². The minimum absolute atomic E-state index is 0.313. The average Bonchev–Trinajstić information content (AvgIpc) is 2.38. The van der Waals surface area contributed by atoms with Crippen molar-refractivity contribution in [3.8, 4) is 5.75 Å². The lowest BCUT2D eigenvalue weighted by molar-refractivity contribution is -0.150. The van der Waals surface area contributed by atoms with Crippen LogP contribution in [0.4, 0.5) is 5.69 Å².